The van der Waals surface area contributed by atoms with Crippen LogP contribution in [-0.2, 0) is 9.47 Å². The fourth-order valence-corrected chi connectivity index (χ4v) is 17.9. The summed E-state index contributed by atoms with van der Waals surface area (Å²) in [6, 6.07) is 4.60. The average molecular weight is 888 g/mol. The van der Waals surface area contributed by atoms with E-state index in [1.165, 1.54) is 205 Å². The third-order valence-electron chi connectivity index (χ3n) is 21.6. The van der Waals surface area contributed by atoms with E-state index in [-0.39, 0.29) is 0 Å². The molecule has 9 rings (SSSR count). The number of ether oxygens (including phenoxy) is 2. The Kier molecular flexibility index (Phi) is 16.4. The number of nitrogens with zero attached hydrogens (tertiary/aromatic N) is 2. The van der Waals surface area contributed by atoms with Crippen LogP contribution in [0.2, 0.25) is 0 Å². The van der Waals surface area contributed by atoms with Crippen molar-refractivity contribution in [2.75, 3.05) is 0 Å². The first-order valence-corrected chi connectivity index (χ1v) is 29.7. The molecule has 8 unspecified atom stereocenters. The topological polar surface area (TPSA) is 24.9 Å². The van der Waals surface area contributed by atoms with Gasteiger partial charge in [-0.1, -0.05) is 93.9 Å². The molecule has 9 saturated carbocycles. The summed E-state index contributed by atoms with van der Waals surface area (Å²) in [7, 11) is 0. The Bertz CT molecular complexity index is 1280. The summed E-state index contributed by atoms with van der Waals surface area (Å²) in [5, 5.41) is 0. The van der Waals surface area contributed by atoms with E-state index in [1.54, 1.807) is 0 Å². The standard InChI is InChI=1S/C60H106N2O2/c1-41-19-27-45(28-20-41)61(47-31-23-43(24-32-47)59(3,4)5)57-53-37-35-52(64-50-17-13-10-14-18-50)40-56(53)58(54-38-36-51(39-55(54)57)63-49-15-11-9-12-16-49)62(46-29-21-42(2)22-30-46)48-33-25-44(26-34-48)60(6,7)8/h41-58H,9-40H2,1-8H3. The molecule has 9 fully saturated rings. The first-order valence-electron chi connectivity index (χ1n) is 29.7. The Hall–Kier alpha value is -0.160. The number of hydrogen-bond acceptors (Lipinski definition) is 4. The molecule has 0 aromatic heterocycles. The second-order valence-corrected chi connectivity index (χ2v) is 27.8. The van der Waals surface area contributed by atoms with Crippen LogP contribution in [0.4, 0.5) is 0 Å². The van der Waals surface area contributed by atoms with E-state index in [9.17, 15) is 0 Å². The van der Waals surface area contributed by atoms with Gasteiger partial charge in [0.25, 0.3) is 0 Å². The highest BCUT2D eigenvalue weighted by atomic mass is 16.5. The molecule has 368 valence electrons. The average Bonchev–Trinajstić information content (AvgIpc) is 3.29. The molecular formula is C60H106N2O2. The van der Waals surface area contributed by atoms with Crippen LogP contribution in [0.3, 0.4) is 0 Å². The molecule has 0 heterocycles. The largest absolute Gasteiger partial charge is 0.375 e. The molecule has 9 aliphatic carbocycles. The van der Waals surface area contributed by atoms with Gasteiger partial charge in [-0.05, 0) is 225 Å². The molecular weight excluding hydrogens is 781 g/mol. The predicted molar refractivity (Wildman–Crippen MR) is 270 cm³/mol. The molecule has 9 aliphatic rings. The summed E-state index contributed by atoms with van der Waals surface area (Å²) in [5.41, 5.74) is 0.862. The van der Waals surface area contributed by atoms with E-state index in [0.29, 0.717) is 35.2 Å². The van der Waals surface area contributed by atoms with Crippen molar-refractivity contribution >= 4 is 0 Å². The molecule has 4 heteroatoms. The van der Waals surface area contributed by atoms with Crippen molar-refractivity contribution in [3.8, 4) is 0 Å². The SMILES string of the molecule is CC1CCC(N(C2CCC(C(C)(C)C)CC2)C2C3CCC(OC4CCCCC4)CC3C(N(C3CCC(C)CC3)C3CCC(C(C)(C)C)CC3)C3CCC(OC4CCCCC4)CC32)CC1. The zero-order valence-corrected chi connectivity index (χ0v) is 43.7. The van der Waals surface area contributed by atoms with Crippen molar-refractivity contribution in [2.45, 2.75) is 322 Å². The normalized spacial score (nSPS) is 43.8. The van der Waals surface area contributed by atoms with E-state index < -0.39 is 0 Å². The lowest BCUT2D eigenvalue weighted by atomic mass is 9.52. The van der Waals surface area contributed by atoms with Crippen molar-refractivity contribution in [3.63, 3.8) is 0 Å². The van der Waals surface area contributed by atoms with E-state index in [4.69, 9.17) is 9.47 Å². The second-order valence-electron chi connectivity index (χ2n) is 27.8. The zero-order valence-electron chi connectivity index (χ0n) is 43.7. The smallest absolute Gasteiger partial charge is 0.0582 e. The van der Waals surface area contributed by atoms with E-state index in [0.717, 1.165) is 83.6 Å². The molecule has 0 aromatic rings. The number of fused-ring (bicyclic) bond motifs is 2. The summed E-state index contributed by atoms with van der Waals surface area (Å²) in [4.78, 5) is 6.95. The quantitative estimate of drug-likeness (QED) is 0.218. The minimum atomic E-state index is 0.431. The lowest BCUT2D eigenvalue weighted by Gasteiger charge is -2.65. The summed E-state index contributed by atoms with van der Waals surface area (Å²) >= 11 is 0. The Morgan fingerprint density at radius 2 is 0.625 bits per heavy atom. The highest BCUT2D eigenvalue weighted by molar-refractivity contribution is 5.12. The summed E-state index contributed by atoms with van der Waals surface area (Å²) in [6.45, 7) is 20.4. The Labute approximate surface area is 397 Å². The minimum Gasteiger partial charge on any atom is -0.375 e. The van der Waals surface area contributed by atoms with Gasteiger partial charge in [0.2, 0.25) is 0 Å². The number of hydrogen-bond donors (Lipinski definition) is 0. The molecule has 0 radical (unpaired) electrons. The third kappa shape index (κ3) is 11.4. The van der Waals surface area contributed by atoms with Gasteiger partial charge in [0, 0.05) is 36.3 Å². The number of rotatable bonds is 10. The van der Waals surface area contributed by atoms with Crippen LogP contribution in [-0.4, -0.2) is 70.5 Å². The lowest BCUT2D eigenvalue weighted by molar-refractivity contribution is -0.183. The highest BCUT2D eigenvalue weighted by Crippen LogP contribution is 2.58. The van der Waals surface area contributed by atoms with Gasteiger partial charge in [-0.3, -0.25) is 9.80 Å². The third-order valence-corrected chi connectivity index (χ3v) is 21.6. The summed E-state index contributed by atoms with van der Waals surface area (Å²) in [5.74, 6) is 6.73. The van der Waals surface area contributed by atoms with Gasteiger partial charge in [-0.15, -0.1) is 0 Å². The van der Waals surface area contributed by atoms with Crippen molar-refractivity contribution in [3.05, 3.63) is 0 Å². The molecule has 64 heavy (non-hydrogen) atoms. The fraction of sp³-hybridized carbons (Fsp3) is 1.00. The van der Waals surface area contributed by atoms with Gasteiger partial charge >= 0.3 is 0 Å². The summed E-state index contributed by atoms with van der Waals surface area (Å²) < 4.78 is 14.9. The summed E-state index contributed by atoms with van der Waals surface area (Å²) in [6.07, 6.45) is 47.1. The van der Waals surface area contributed by atoms with Gasteiger partial charge in [0.05, 0.1) is 24.4 Å². The van der Waals surface area contributed by atoms with Gasteiger partial charge in [-0.25, -0.2) is 0 Å². The predicted octanol–water partition coefficient (Wildman–Crippen LogP) is 16.0. The van der Waals surface area contributed by atoms with E-state index in [2.05, 4.69) is 65.2 Å². The maximum absolute atomic E-state index is 7.44. The Balaban J connectivity index is 1.11. The van der Waals surface area contributed by atoms with Crippen LogP contribution in [0, 0.1) is 58.2 Å². The van der Waals surface area contributed by atoms with Crippen LogP contribution < -0.4 is 0 Å². The Morgan fingerprint density at radius 3 is 0.938 bits per heavy atom. The molecule has 0 aliphatic heterocycles. The molecule has 0 aromatic carbocycles. The van der Waals surface area contributed by atoms with Gasteiger partial charge in [-0.2, -0.15) is 0 Å². The van der Waals surface area contributed by atoms with Crippen LogP contribution in [0.1, 0.15) is 261 Å². The molecule has 4 nitrogen and oxygen atoms in total. The molecule has 8 atom stereocenters. The monoisotopic (exact) mass is 887 g/mol. The van der Waals surface area contributed by atoms with Gasteiger partial charge in [0.1, 0.15) is 0 Å². The lowest BCUT2D eigenvalue weighted by Crippen LogP contribution is -2.70. The molecule has 0 N–H and O–H groups in total. The van der Waals surface area contributed by atoms with Crippen LogP contribution in [0.25, 0.3) is 0 Å². The van der Waals surface area contributed by atoms with E-state index >= 15 is 0 Å². The molecule has 0 spiro atoms. The van der Waals surface area contributed by atoms with Gasteiger partial charge < -0.3 is 9.47 Å². The zero-order chi connectivity index (χ0) is 44.6. The Morgan fingerprint density at radius 1 is 0.312 bits per heavy atom. The molecule has 0 amide bonds. The maximum Gasteiger partial charge on any atom is 0.0582 e. The highest BCUT2D eigenvalue weighted by Gasteiger charge is 2.60. The van der Waals surface area contributed by atoms with Crippen molar-refractivity contribution in [1.82, 2.24) is 9.80 Å². The second kappa shape index (κ2) is 21.5. The first-order chi connectivity index (χ1) is 30.8. The maximum atomic E-state index is 7.44. The fourth-order valence-electron chi connectivity index (χ4n) is 17.9. The van der Waals surface area contributed by atoms with Crippen molar-refractivity contribution in [1.29, 1.82) is 0 Å². The van der Waals surface area contributed by atoms with Crippen molar-refractivity contribution in [2.24, 2.45) is 58.2 Å². The first kappa shape index (κ1) is 48.8. The van der Waals surface area contributed by atoms with Crippen LogP contribution in [0.5, 0.6) is 0 Å². The van der Waals surface area contributed by atoms with Gasteiger partial charge in [0.15, 0.2) is 0 Å². The molecule has 0 saturated heterocycles. The van der Waals surface area contributed by atoms with E-state index in [1.807, 2.05) is 0 Å². The van der Waals surface area contributed by atoms with Crippen molar-refractivity contribution < 1.29 is 9.47 Å². The molecule has 0 bridgehead atoms. The van der Waals surface area contributed by atoms with Crippen LogP contribution >= 0.6 is 0 Å². The van der Waals surface area contributed by atoms with Crippen LogP contribution in [0.15, 0.2) is 0 Å². The minimum absolute atomic E-state index is 0.431.